The Kier molecular flexibility index (Phi) is 5.99. The van der Waals surface area contributed by atoms with E-state index in [1.807, 2.05) is 0 Å². The smallest absolute Gasteiger partial charge is 0.220 e. The van der Waals surface area contributed by atoms with E-state index >= 15 is 0 Å². The molecule has 1 aliphatic heterocycles. The standard InChI is InChI=1S/C19H23FN2OS/c20-16-8-5-15(6-9-16)7-10-19(23)21-14-17(18-4-3-13-24-18)22-11-1-2-12-22/h3-6,8-9,13,17H,1-2,7,10-12,14H2,(H,21,23). The number of hydrogen-bond donors (Lipinski definition) is 1. The Hall–Kier alpha value is -1.72. The molecule has 1 unspecified atom stereocenters. The first kappa shape index (κ1) is 17.1. The molecule has 3 nitrogen and oxygen atoms in total. The molecule has 0 radical (unpaired) electrons. The highest BCUT2D eigenvalue weighted by Crippen LogP contribution is 2.27. The molecule has 0 spiro atoms. The minimum absolute atomic E-state index is 0.0556. The lowest BCUT2D eigenvalue weighted by atomic mass is 10.1. The number of carbonyl (C=O) groups is 1. The maximum atomic E-state index is 12.9. The van der Waals surface area contributed by atoms with E-state index in [9.17, 15) is 9.18 Å². The van der Waals surface area contributed by atoms with Gasteiger partial charge >= 0.3 is 0 Å². The van der Waals surface area contributed by atoms with E-state index in [-0.39, 0.29) is 17.8 Å². The molecule has 2 heterocycles. The Bertz CT molecular complexity index is 636. The summed E-state index contributed by atoms with van der Waals surface area (Å²) >= 11 is 1.75. The van der Waals surface area contributed by atoms with Crippen molar-refractivity contribution in [2.45, 2.75) is 31.7 Å². The van der Waals surface area contributed by atoms with Gasteiger partial charge in [0.15, 0.2) is 0 Å². The fourth-order valence-corrected chi connectivity index (χ4v) is 4.01. The summed E-state index contributed by atoms with van der Waals surface area (Å²) in [6.45, 7) is 2.87. The van der Waals surface area contributed by atoms with Gasteiger partial charge in [-0.25, -0.2) is 4.39 Å². The molecule has 0 bridgehead atoms. The summed E-state index contributed by atoms with van der Waals surface area (Å²) in [7, 11) is 0. The third-order valence-electron chi connectivity index (χ3n) is 4.50. The SMILES string of the molecule is O=C(CCc1ccc(F)cc1)NCC(c1cccs1)N1CCCC1. The highest BCUT2D eigenvalue weighted by molar-refractivity contribution is 7.10. The van der Waals surface area contributed by atoms with Crippen LogP contribution in [0.2, 0.25) is 0 Å². The Morgan fingerprint density at radius 3 is 2.62 bits per heavy atom. The zero-order chi connectivity index (χ0) is 16.8. The normalized spacial score (nSPS) is 16.2. The Labute approximate surface area is 146 Å². The van der Waals surface area contributed by atoms with Gasteiger partial charge in [-0.2, -0.15) is 0 Å². The van der Waals surface area contributed by atoms with Gasteiger partial charge < -0.3 is 5.32 Å². The van der Waals surface area contributed by atoms with E-state index in [1.165, 1.54) is 29.9 Å². The van der Waals surface area contributed by atoms with Gasteiger partial charge in [-0.15, -0.1) is 11.3 Å². The van der Waals surface area contributed by atoms with Crippen LogP contribution in [0.3, 0.4) is 0 Å². The molecule has 2 aromatic rings. The number of nitrogens with zero attached hydrogens (tertiary/aromatic N) is 1. The number of hydrogen-bond acceptors (Lipinski definition) is 3. The van der Waals surface area contributed by atoms with Gasteiger partial charge in [-0.1, -0.05) is 18.2 Å². The average Bonchev–Trinajstić information content (AvgIpc) is 3.29. The number of aryl methyl sites for hydroxylation is 1. The van der Waals surface area contributed by atoms with Crippen molar-refractivity contribution in [3.63, 3.8) is 0 Å². The molecule has 0 aliphatic carbocycles. The van der Waals surface area contributed by atoms with Crippen LogP contribution in [0.4, 0.5) is 4.39 Å². The maximum Gasteiger partial charge on any atom is 0.220 e. The molecule has 1 fully saturated rings. The van der Waals surface area contributed by atoms with E-state index in [1.54, 1.807) is 23.5 Å². The summed E-state index contributed by atoms with van der Waals surface area (Å²) in [5, 5.41) is 5.17. The van der Waals surface area contributed by atoms with Crippen LogP contribution in [0.25, 0.3) is 0 Å². The molecule has 0 saturated carbocycles. The van der Waals surface area contributed by atoms with Crippen molar-refractivity contribution < 1.29 is 9.18 Å². The van der Waals surface area contributed by atoms with Crippen LogP contribution in [0.5, 0.6) is 0 Å². The van der Waals surface area contributed by atoms with Gasteiger partial charge in [0.2, 0.25) is 5.91 Å². The van der Waals surface area contributed by atoms with Gasteiger partial charge in [0.1, 0.15) is 5.82 Å². The van der Waals surface area contributed by atoms with Crippen LogP contribution in [0.1, 0.15) is 35.7 Å². The summed E-state index contributed by atoms with van der Waals surface area (Å²) in [5.74, 6) is -0.187. The molecular weight excluding hydrogens is 323 g/mol. The number of nitrogens with one attached hydrogen (secondary N) is 1. The molecule has 1 amide bonds. The third-order valence-corrected chi connectivity index (χ3v) is 5.47. The number of thiophene rings is 1. The van der Waals surface area contributed by atoms with Gasteiger partial charge in [0.05, 0.1) is 6.04 Å². The van der Waals surface area contributed by atoms with Crippen molar-refractivity contribution >= 4 is 17.2 Å². The van der Waals surface area contributed by atoms with E-state index in [2.05, 4.69) is 27.7 Å². The Morgan fingerprint density at radius 1 is 1.21 bits per heavy atom. The molecule has 1 aliphatic rings. The van der Waals surface area contributed by atoms with E-state index < -0.39 is 0 Å². The van der Waals surface area contributed by atoms with E-state index in [0.29, 0.717) is 19.4 Å². The van der Waals surface area contributed by atoms with Crippen molar-refractivity contribution in [3.8, 4) is 0 Å². The Morgan fingerprint density at radius 2 is 1.96 bits per heavy atom. The quantitative estimate of drug-likeness (QED) is 0.828. The molecular formula is C19H23FN2OS. The van der Waals surface area contributed by atoms with Crippen LogP contribution in [-0.2, 0) is 11.2 Å². The van der Waals surface area contributed by atoms with Gasteiger partial charge in [-0.3, -0.25) is 9.69 Å². The lowest BCUT2D eigenvalue weighted by molar-refractivity contribution is -0.121. The molecule has 3 rings (SSSR count). The first-order chi connectivity index (χ1) is 11.7. The summed E-state index contributed by atoms with van der Waals surface area (Å²) < 4.78 is 12.9. The first-order valence-corrected chi connectivity index (χ1v) is 9.39. The molecule has 24 heavy (non-hydrogen) atoms. The van der Waals surface area contributed by atoms with Gasteiger partial charge in [0, 0.05) is 17.8 Å². The largest absolute Gasteiger partial charge is 0.354 e. The number of benzene rings is 1. The van der Waals surface area contributed by atoms with Crippen molar-refractivity contribution in [2.24, 2.45) is 0 Å². The minimum atomic E-state index is -0.243. The molecule has 1 saturated heterocycles. The van der Waals surface area contributed by atoms with E-state index in [4.69, 9.17) is 0 Å². The summed E-state index contributed by atoms with van der Waals surface area (Å²) in [5.41, 5.74) is 0.987. The number of halogens is 1. The minimum Gasteiger partial charge on any atom is -0.354 e. The van der Waals surface area contributed by atoms with Crippen LogP contribution in [0.15, 0.2) is 41.8 Å². The fraction of sp³-hybridized carbons (Fsp3) is 0.421. The molecule has 1 aromatic carbocycles. The van der Waals surface area contributed by atoms with Crippen molar-refractivity contribution in [3.05, 3.63) is 58.0 Å². The predicted octanol–water partition coefficient (Wildman–Crippen LogP) is 3.77. The second kappa shape index (κ2) is 8.40. The summed E-state index contributed by atoms with van der Waals surface area (Å²) in [6, 6.07) is 10.9. The average molecular weight is 346 g/mol. The molecule has 1 atom stereocenters. The predicted molar refractivity (Wildman–Crippen MR) is 95.6 cm³/mol. The summed E-state index contributed by atoms with van der Waals surface area (Å²) in [6.07, 6.45) is 3.54. The van der Waals surface area contributed by atoms with Crippen molar-refractivity contribution in [1.29, 1.82) is 0 Å². The zero-order valence-corrected chi connectivity index (χ0v) is 14.5. The number of rotatable bonds is 7. The summed E-state index contributed by atoms with van der Waals surface area (Å²) in [4.78, 5) is 16.0. The molecule has 5 heteroatoms. The highest BCUT2D eigenvalue weighted by atomic mass is 32.1. The second-order valence-corrected chi connectivity index (χ2v) is 7.18. The number of amides is 1. The highest BCUT2D eigenvalue weighted by Gasteiger charge is 2.24. The molecule has 1 aromatic heterocycles. The monoisotopic (exact) mass is 346 g/mol. The van der Waals surface area contributed by atoms with Crippen LogP contribution in [0, 0.1) is 5.82 Å². The van der Waals surface area contributed by atoms with Crippen molar-refractivity contribution in [2.75, 3.05) is 19.6 Å². The lowest BCUT2D eigenvalue weighted by Crippen LogP contribution is -2.36. The fourth-order valence-electron chi connectivity index (χ4n) is 3.15. The van der Waals surface area contributed by atoms with Gasteiger partial charge in [-0.05, 0) is 61.5 Å². The molecule has 128 valence electrons. The van der Waals surface area contributed by atoms with Crippen LogP contribution < -0.4 is 5.32 Å². The first-order valence-electron chi connectivity index (χ1n) is 8.51. The third kappa shape index (κ3) is 4.65. The number of carbonyl (C=O) groups excluding carboxylic acids is 1. The van der Waals surface area contributed by atoms with Crippen molar-refractivity contribution in [1.82, 2.24) is 10.2 Å². The second-order valence-electron chi connectivity index (χ2n) is 6.20. The van der Waals surface area contributed by atoms with Crippen LogP contribution in [-0.4, -0.2) is 30.4 Å². The zero-order valence-electron chi connectivity index (χ0n) is 13.7. The van der Waals surface area contributed by atoms with Gasteiger partial charge in [0.25, 0.3) is 0 Å². The Balaban J connectivity index is 1.50. The van der Waals surface area contributed by atoms with Crippen LogP contribution >= 0.6 is 11.3 Å². The lowest BCUT2D eigenvalue weighted by Gasteiger charge is -2.26. The molecule has 1 N–H and O–H groups in total. The van der Waals surface area contributed by atoms with E-state index in [0.717, 1.165) is 18.7 Å². The number of likely N-dealkylation sites (tertiary alicyclic amines) is 1. The maximum absolute atomic E-state index is 12.9. The topological polar surface area (TPSA) is 32.3 Å².